The molecule has 8 heteroatoms. The second-order valence-corrected chi connectivity index (χ2v) is 6.84. The lowest BCUT2D eigenvalue weighted by Crippen LogP contribution is -2.30. The summed E-state index contributed by atoms with van der Waals surface area (Å²) >= 11 is 0. The first-order chi connectivity index (χ1) is 10.0. The lowest BCUT2D eigenvalue weighted by Gasteiger charge is -2.18. The van der Waals surface area contributed by atoms with Gasteiger partial charge in [0.25, 0.3) is 5.91 Å². The van der Waals surface area contributed by atoms with E-state index >= 15 is 0 Å². The van der Waals surface area contributed by atoms with Crippen LogP contribution in [0.5, 0.6) is 5.75 Å². The summed E-state index contributed by atoms with van der Waals surface area (Å²) in [5.41, 5.74) is 0.373. The van der Waals surface area contributed by atoms with Crippen LogP contribution < -0.4 is 14.8 Å². The lowest BCUT2D eigenvalue weighted by molar-refractivity contribution is -0.118. The molecule has 1 aromatic carbocycles. The van der Waals surface area contributed by atoms with Gasteiger partial charge in [0, 0.05) is 13.2 Å². The topological polar surface area (TPSA) is 93.7 Å². The predicted molar refractivity (Wildman–Crippen MR) is 74.7 cm³/mol. The van der Waals surface area contributed by atoms with E-state index in [0.717, 1.165) is 6.42 Å². The van der Waals surface area contributed by atoms with Crippen LogP contribution >= 0.6 is 0 Å². The number of amides is 1. The molecule has 1 saturated heterocycles. The van der Waals surface area contributed by atoms with Gasteiger partial charge in [0.05, 0.1) is 17.2 Å². The maximum absolute atomic E-state index is 12.3. The van der Waals surface area contributed by atoms with Gasteiger partial charge in [-0.1, -0.05) is 0 Å². The SMILES string of the molecule is O=C1COc2ccc(S(=O)(=O)NCC3CCOC3)cc2N1. The molecule has 2 heterocycles. The van der Waals surface area contributed by atoms with E-state index in [-0.39, 0.29) is 23.3 Å². The maximum Gasteiger partial charge on any atom is 0.262 e. The van der Waals surface area contributed by atoms with Gasteiger partial charge in [-0.2, -0.15) is 0 Å². The second kappa shape index (κ2) is 5.63. The molecule has 1 aromatic rings. The number of anilines is 1. The lowest BCUT2D eigenvalue weighted by atomic mass is 10.1. The van der Waals surface area contributed by atoms with Crippen LogP contribution in [0.25, 0.3) is 0 Å². The van der Waals surface area contributed by atoms with Crippen LogP contribution in [-0.4, -0.2) is 40.7 Å². The second-order valence-electron chi connectivity index (χ2n) is 5.08. The molecule has 2 aliphatic heterocycles. The summed E-state index contributed by atoms with van der Waals surface area (Å²) in [6, 6.07) is 4.41. The zero-order valence-corrected chi connectivity index (χ0v) is 12.1. The highest BCUT2D eigenvalue weighted by atomic mass is 32.2. The molecule has 1 atom stereocenters. The molecule has 0 aromatic heterocycles. The maximum atomic E-state index is 12.3. The van der Waals surface area contributed by atoms with Gasteiger partial charge in [-0.3, -0.25) is 4.79 Å². The van der Waals surface area contributed by atoms with Crippen molar-refractivity contribution in [3.63, 3.8) is 0 Å². The third-order valence-electron chi connectivity index (χ3n) is 3.48. The molecular formula is C13H16N2O5S. The van der Waals surface area contributed by atoms with Gasteiger partial charge in [0.2, 0.25) is 10.0 Å². The van der Waals surface area contributed by atoms with E-state index in [1.54, 1.807) is 6.07 Å². The molecule has 0 bridgehead atoms. The Kier molecular flexibility index (Phi) is 3.83. The zero-order chi connectivity index (χ0) is 14.9. The van der Waals surface area contributed by atoms with E-state index in [4.69, 9.17) is 9.47 Å². The van der Waals surface area contributed by atoms with Gasteiger partial charge in [0.15, 0.2) is 6.61 Å². The number of benzene rings is 1. The van der Waals surface area contributed by atoms with Crippen LogP contribution in [0.1, 0.15) is 6.42 Å². The Hall–Kier alpha value is -1.64. The summed E-state index contributed by atoms with van der Waals surface area (Å²) in [5.74, 6) is 0.381. The molecule has 7 nitrogen and oxygen atoms in total. The Bertz CT molecular complexity index is 653. The Labute approximate surface area is 122 Å². The predicted octanol–water partition coefficient (Wildman–Crippen LogP) is 0.332. The van der Waals surface area contributed by atoms with E-state index in [9.17, 15) is 13.2 Å². The summed E-state index contributed by atoms with van der Waals surface area (Å²) in [5, 5.41) is 2.59. The van der Waals surface area contributed by atoms with Crippen LogP contribution in [0.15, 0.2) is 23.1 Å². The van der Waals surface area contributed by atoms with Crippen molar-refractivity contribution in [3.8, 4) is 5.75 Å². The first kappa shape index (κ1) is 14.3. The van der Waals surface area contributed by atoms with E-state index in [1.807, 2.05) is 0 Å². The van der Waals surface area contributed by atoms with Crippen LogP contribution in [0.2, 0.25) is 0 Å². The van der Waals surface area contributed by atoms with Crippen molar-refractivity contribution in [2.24, 2.45) is 5.92 Å². The molecule has 0 radical (unpaired) electrons. The summed E-state index contributed by atoms with van der Waals surface area (Å²) in [4.78, 5) is 11.4. The highest BCUT2D eigenvalue weighted by Gasteiger charge is 2.23. The van der Waals surface area contributed by atoms with Gasteiger partial charge >= 0.3 is 0 Å². The van der Waals surface area contributed by atoms with E-state index in [0.29, 0.717) is 31.2 Å². The molecule has 0 saturated carbocycles. The Morgan fingerprint density at radius 2 is 2.24 bits per heavy atom. The van der Waals surface area contributed by atoms with Crippen LogP contribution in [0, 0.1) is 5.92 Å². The molecule has 1 unspecified atom stereocenters. The quantitative estimate of drug-likeness (QED) is 0.836. The van der Waals surface area contributed by atoms with E-state index in [2.05, 4.69) is 10.0 Å². The fraction of sp³-hybridized carbons (Fsp3) is 0.462. The molecule has 0 aliphatic carbocycles. The Morgan fingerprint density at radius 3 is 3.00 bits per heavy atom. The average Bonchev–Trinajstić information content (AvgIpc) is 2.98. The fourth-order valence-corrected chi connectivity index (χ4v) is 3.43. The van der Waals surface area contributed by atoms with Crippen molar-refractivity contribution in [2.75, 3.05) is 31.7 Å². The molecule has 2 aliphatic rings. The fourth-order valence-electron chi connectivity index (χ4n) is 2.28. The van der Waals surface area contributed by atoms with Crippen molar-refractivity contribution in [2.45, 2.75) is 11.3 Å². The minimum atomic E-state index is -3.61. The van der Waals surface area contributed by atoms with Crippen molar-refractivity contribution in [1.29, 1.82) is 0 Å². The average molecular weight is 312 g/mol. The molecule has 114 valence electrons. The summed E-state index contributed by atoms with van der Waals surface area (Å²) in [7, 11) is -3.61. The molecule has 1 amide bonds. The standard InChI is InChI=1S/C13H16N2O5S/c16-13-8-20-12-2-1-10(5-11(12)15-13)21(17,18)14-6-9-3-4-19-7-9/h1-2,5,9,14H,3-4,6-8H2,(H,15,16). The first-order valence-corrected chi connectivity index (χ1v) is 8.17. The van der Waals surface area contributed by atoms with Gasteiger partial charge < -0.3 is 14.8 Å². The normalized spacial score (nSPS) is 21.5. The van der Waals surface area contributed by atoms with Crippen molar-refractivity contribution >= 4 is 21.6 Å². The minimum Gasteiger partial charge on any atom is -0.482 e. The van der Waals surface area contributed by atoms with E-state index < -0.39 is 10.0 Å². The first-order valence-electron chi connectivity index (χ1n) is 6.69. The molecule has 2 N–H and O–H groups in total. The van der Waals surface area contributed by atoms with Crippen molar-refractivity contribution < 1.29 is 22.7 Å². The summed E-state index contributed by atoms with van der Waals surface area (Å²) in [6.45, 7) is 1.55. The van der Waals surface area contributed by atoms with E-state index in [1.165, 1.54) is 12.1 Å². The Morgan fingerprint density at radius 1 is 1.38 bits per heavy atom. The number of hydrogen-bond donors (Lipinski definition) is 2. The number of ether oxygens (including phenoxy) is 2. The number of nitrogens with one attached hydrogen (secondary N) is 2. The molecule has 21 heavy (non-hydrogen) atoms. The summed E-state index contributed by atoms with van der Waals surface area (Å²) in [6.07, 6.45) is 0.858. The minimum absolute atomic E-state index is 0.0565. The van der Waals surface area contributed by atoms with Crippen molar-refractivity contribution in [1.82, 2.24) is 4.72 Å². The zero-order valence-electron chi connectivity index (χ0n) is 11.3. The molecule has 1 fully saturated rings. The number of carbonyl (C=O) groups excluding carboxylic acids is 1. The number of carbonyl (C=O) groups is 1. The molecule has 0 spiro atoms. The van der Waals surface area contributed by atoms with Crippen LogP contribution in [0.3, 0.4) is 0 Å². The Balaban J connectivity index is 1.75. The largest absolute Gasteiger partial charge is 0.482 e. The number of hydrogen-bond acceptors (Lipinski definition) is 5. The van der Waals surface area contributed by atoms with Crippen molar-refractivity contribution in [3.05, 3.63) is 18.2 Å². The third-order valence-corrected chi connectivity index (χ3v) is 4.90. The van der Waals surface area contributed by atoms with Gasteiger partial charge in [-0.05, 0) is 30.5 Å². The smallest absolute Gasteiger partial charge is 0.262 e. The van der Waals surface area contributed by atoms with Gasteiger partial charge in [0.1, 0.15) is 5.75 Å². The van der Waals surface area contributed by atoms with Gasteiger partial charge in [-0.15, -0.1) is 0 Å². The summed E-state index contributed by atoms with van der Waals surface area (Å²) < 4.78 is 37.5. The number of sulfonamides is 1. The third kappa shape index (κ3) is 3.17. The highest BCUT2D eigenvalue weighted by Crippen LogP contribution is 2.30. The van der Waals surface area contributed by atoms with Gasteiger partial charge in [-0.25, -0.2) is 13.1 Å². The van der Waals surface area contributed by atoms with Crippen LogP contribution in [-0.2, 0) is 19.6 Å². The highest BCUT2D eigenvalue weighted by molar-refractivity contribution is 7.89. The number of fused-ring (bicyclic) bond motifs is 1. The molecule has 3 rings (SSSR count). The molecular weight excluding hydrogens is 296 g/mol. The van der Waals surface area contributed by atoms with Crippen LogP contribution in [0.4, 0.5) is 5.69 Å². The monoisotopic (exact) mass is 312 g/mol. The number of rotatable bonds is 4.